The molecule has 1 saturated carbocycles. The lowest BCUT2D eigenvalue weighted by atomic mass is 9.68. The van der Waals surface area contributed by atoms with Gasteiger partial charge in [0.2, 0.25) is 0 Å². The summed E-state index contributed by atoms with van der Waals surface area (Å²) in [6.45, 7) is 2.03. The lowest BCUT2D eigenvalue weighted by molar-refractivity contribution is -0.147. The summed E-state index contributed by atoms with van der Waals surface area (Å²) < 4.78 is 0. The minimum atomic E-state index is -0.874. The van der Waals surface area contributed by atoms with Gasteiger partial charge in [0.25, 0.3) is 0 Å². The summed E-state index contributed by atoms with van der Waals surface area (Å²) in [5.74, 6) is -0.376. The topological polar surface area (TPSA) is 63.1 Å². The third kappa shape index (κ3) is 1.97. The van der Waals surface area contributed by atoms with Gasteiger partial charge in [0.15, 0.2) is 0 Å². The van der Waals surface area contributed by atoms with Crippen LogP contribution in [0, 0.1) is 6.92 Å². The van der Waals surface area contributed by atoms with Crippen LogP contribution in [0.5, 0.6) is 0 Å². The Labute approximate surface area is 117 Å². The van der Waals surface area contributed by atoms with E-state index in [9.17, 15) is 9.90 Å². The number of nitrogens with zero attached hydrogens (tertiary/aromatic N) is 2. The van der Waals surface area contributed by atoms with E-state index in [1.165, 1.54) is 5.56 Å². The van der Waals surface area contributed by atoms with Gasteiger partial charge < -0.3 is 5.11 Å². The molecule has 4 heteroatoms. The van der Waals surface area contributed by atoms with Crippen LogP contribution in [0.25, 0.3) is 11.3 Å². The maximum atomic E-state index is 11.5. The van der Waals surface area contributed by atoms with Crippen molar-refractivity contribution in [1.82, 2.24) is 9.97 Å². The molecule has 0 aliphatic heterocycles. The quantitative estimate of drug-likeness (QED) is 0.929. The lowest BCUT2D eigenvalue weighted by Crippen LogP contribution is -2.43. The molecule has 3 rings (SSSR count). The molecule has 1 aromatic carbocycles. The maximum absolute atomic E-state index is 11.5. The summed E-state index contributed by atoms with van der Waals surface area (Å²) in [6, 6.07) is 9.86. The molecule has 102 valence electrons. The van der Waals surface area contributed by atoms with Gasteiger partial charge in [0, 0.05) is 11.8 Å². The summed E-state index contributed by atoms with van der Waals surface area (Å²) in [5.41, 5.74) is 2.08. The molecule has 1 heterocycles. The summed E-state index contributed by atoms with van der Waals surface area (Å²) in [4.78, 5) is 20.2. The van der Waals surface area contributed by atoms with Crippen LogP contribution in [0.4, 0.5) is 0 Å². The number of aromatic nitrogens is 2. The van der Waals surface area contributed by atoms with Gasteiger partial charge in [-0.2, -0.15) is 0 Å². The van der Waals surface area contributed by atoms with Crippen LogP contribution in [0.3, 0.4) is 0 Å². The van der Waals surface area contributed by atoms with E-state index in [2.05, 4.69) is 9.97 Å². The van der Waals surface area contributed by atoms with E-state index in [4.69, 9.17) is 0 Å². The Balaban J connectivity index is 2.02. The number of hydrogen-bond acceptors (Lipinski definition) is 3. The van der Waals surface area contributed by atoms with Crippen LogP contribution >= 0.6 is 0 Å². The highest BCUT2D eigenvalue weighted by Gasteiger charge is 2.48. The van der Waals surface area contributed by atoms with Crippen molar-refractivity contribution >= 4 is 5.97 Å². The molecule has 0 saturated heterocycles. The zero-order chi connectivity index (χ0) is 14.2. The number of carboxylic acids is 1. The minimum absolute atomic E-state index is 0.439. The van der Waals surface area contributed by atoms with E-state index in [-0.39, 0.29) is 0 Å². The highest BCUT2D eigenvalue weighted by Crippen LogP contribution is 2.42. The largest absolute Gasteiger partial charge is 0.480 e. The molecule has 0 atom stereocenters. The van der Waals surface area contributed by atoms with Crippen molar-refractivity contribution in [2.45, 2.75) is 31.6 Å². The van der Waals surface area contributed by atoms with Gasteiger partial charge in [-0.25, -0.2) is 9.97 Å². The number of benzene rings is 1. The molecule has 0 spiro atoms. The Bertz CT molecular complexity index is 646. The first-order valence-electron chi connectivity index (χ1n) is 6.76. The molecule has 0 radical (unpaired) electrons. The molecule has 20 heavy (non-hydrogen) atoms. The fourth-order valence-electron chi connectivity index (χ4n) is 2.54. The van der Waals surface area contributed by atoms with Crippen molar-refractivity contribution in [3.05, 3.63) is 47.9 Å². The van der Waals surface area contributed by atoms with Gasteiger partial charge in [-0.1, -0.05) is 36.2 Å². The number of carbonyl (C=O) groups is 1. The van der Waals surface area contributed by atoms with Gasteiger partial charge in [0.05, 0.1) is 5.69 Å². The molecule has 0 unspecified atom stereocenters. The Kier molecular flexibility index (Phi) is 3.01. The van der Waals surface area contributed by atoms with Crippen molar-refractivity contribution in [3.63, 3.8) is 0 Å². The molecular formula is C16H16N2O2. The zero-order valence-corrected chi connectivity index (χ0v) is 11.3. The van der Waals surface area contributed by atoms with Crippen molar-refractivity contribution in [2.24, 2.45) is 0 Å². The van der Waals surface area contributed by atoms with Gasteiger partial charge in [-0.3, -0.25) is 4.79 Å². The Morgan fingerprint density at radius 3 is 2.45 bits per heavy atom. The summed E-state index contributed by atoms with van der Waals surface area (Å²) in [7, 11) is 0. The second-order valence-corrected chi connectivity index (χ2v) is 5.37. The highest BCUT2D eigenvalue weighted by atomic mass is 16.4. The van der Waals surface area contributed by atoms with E-state index in [0.29, 0.717) is 18.7 Å². The number of carboxylic acid groups (broad SMARTS) is 1. The summed E-state index contributed by atoms with van der Waals surface area (Å²) in [5, 5.41) is 9.46. The molecule has 1 aromatic heterocycles. The fraction of sp³-hybridized carbons (Fsp3) is 0.312. The van der Waals surface area contributed by atoms with E-state index in [0.717, 1.165) is 17.7 Å². The first-order valence-corrected chi connectivity index (χ1v) is 6.76. The van der Waals surface area contributed by atoms with E-state index >= 15 is 0 Å². The summed E-state index contributed by atoms with van der Waals surface area (Å²) >= 11 is 0. The average Bonchev–Trinajstić information content (AvgIpc) is 2.38. The van der Waals surface area contributed by atoms with Crippen molar-refractivity contribution < 1.29 is 9.90 Å². The van der Waals surface area contributed by atoms with E-state index < -0.39 is 11.4 Å². The predicted molar refractivity (Wildman–Crippen MR) is 75.4 cm³/mol. The van der Waals surface area contributed by atoms with Crippen LogP contribution in [0.15, 0.2) is 36.5 Å². The predicted octanol–water partition coefficient (Wildman–Crippen LogP) is 2.96. The second kappa shape index (κ2) is 4.71. The number of rotatable bonds is 3. The van der Waals surface area contributed by atoms with E-state index in [1.54, 1.807) is 6.20 Å². The molecular weight excluding hydrogens is 252 g/mol. The van der Waals surface area contributed by atoms with E-state index in [1.807, 2.05) is 37.3 Å². The highest BCUT2D eigenvalue weighted by molar-refractivity contribution is 5.81. The monoisotopic (exact) mass is 268 g/mol. The Hall–Kier alpha value is -2.23. The number of hydrogen-bond donors (Lipinski definition) is 1. The van der Waals surface area contributed by atoms with Crippen LogP contribution in [0.1, 0.15) is 30.7 Å². The van der Waals surface area contributed by atoms with Gasteiger partial charge >= 0.3 is 5.97 Å². The fourth-order valence-corrected chi connectivity index (χ4v) is 2.54. The van der Waals surface area contributed by atoms with Gasteiger partial charge in [-0.05, 0) is 25.8 Å². The third-order valence-corrected chi connectivity index (χ3v) is 4.05. The van der Waals surface area contributed by atoms with Crippen LogP contribution in [0.2, 0.25) is 0 Å². The molecule has 1 aliphatic carbocycles. The zero-order valence-electron chi connectivity index (χ0n) is 11.3. The van der Waals surface area contributed by atoms with Gasteiger partial charge in [0.1, 0.15) is 11.2 Å². The van der Waals surface area contributed by atoms with Gasteiger partial charge in [-0.15, -0.1) is 0 Å². The Morgan fingerprint density at radius 1 is 1.20 bits per heavy atom. The normalized spacial score (nSPS) is 16.4. The lowest BCUT2D eigenvalue weighted by Gasteiger charge is -2.35. The summed E-state index contributed by atoms with van der Waals surface area (Å²) in [6.07, 6.45) is 3.82. The average molecular weight is 268 g/mol. The third-order valence-electron chi connectivity index (χ3n) is 4.05. The second-order valence-electron chi connectivity index (χ2n) is 5.37. The maximum Gasteiger partial charge on any atom is 0.317 e. The van der Waals surface area contributed by atoms with Crippen molar-refractivity contribution in [2.75, 3.05) is 0 Å². The van der Waals surface area contributed by atoms with Crippen LogP contribution in [-0.4, -0.2) is 21.0 Å². The molecule has 2 aromatic rings. The van der Waals surface area contributed by atoms with Crippen LogP contribution in [-0.2, 0) is 10.2 Å². The molecule has 4 nitrogen and oxygen atoms in total. The number of aryl methyl sites for hydroxylation is 1. The Morgan fingerprint density at radius 2 is 1.90 bits per heavy atom. The molecule has 1 N–H and O–H groups in total. The SMILES string of the molecule is Cc1ccc(-c2ccnc(C3(C(=O)O)CCC3)n2)cc1. The van der Waals surface area contributed by atoms with Crippen LogP contribution < -0.4 is 0 Å². The molecule has 0 amide bonds. The van der Waals surface area contributed by atoms with Crippen molar-refractivity contribution in [3.8, 4) is 11.3 Å². The molecule has 1 aliphatic rings. The minimum Gasteiger partial charge on any atom is -0.480 e. The first-order chi connectivity index (χ1) is 9.62. The number of aliphatic carboxylic acids is 1. The van der Waals surface area contributed by atoms with Crippen molar-refractivity contribution in [1.29, 1.82) is 0 Å². The smallest absolute Gasteiger partial charge is 0.317 e. The first kappa shape index (κ1) is 12.8. The molecule has 1 fully saturated rings. The standard InChI is InChI=1S/C16H16N2O2/c1-11-3-5-12(6-4-11)13-7-10-17-14(18-13)16(15(19)20)8-2-9-16/h3-7,10H,2,8-9H2,1H3,(H,19,20). The molecule has 0 bridgehead atoms.